The van der Waals surface area contributed by atoms with Crippen LogP contribution in [0.4, 0.5) is 0 Å². The first kappa shape index (κ1) is 22.2. The van der Waals surface area contributed by atoms with Crippen molar-refractivity contribution in [2.24, 2.45) is 0 Å². The Balaban J connectivity index is 1.65. The summed E-state index contributed by atoms with van der Waals surface area (Å²) in [6, 6.07) is 20.9. The Morgan fingerprint density at radius 2 is 1.77 bits per heavy atom. The lowest BCUT2D eigenvalue weighted by Gasteiger charge is -2.09. The molecule has 0 unspecified atom stereocenters. The van der Waals surface area contributed by atoms with E-state index >= 15 is 0 Å². The zero-order valence-corrected chi connectivity index (χ0v) is 18.0. The summed E-state index contributed by atoms with van der Waals surface area (Å²) in [5, 5.41) is 10.3. The number of ether oxygens (including phenoxy) is 3. The molecular formula is C24H17Cl2NO4. The summed E-state index contributed by atoms with van der Waals surface area (Å²) in [6.45, 7) is -0.310. The molecule has 5 nitrogen and oxygen atoms in total. The molecule has 0 radical (unpaired) electrons. The highest BCUT2D eigenvalue weighted by atomic mass is 35.5. The Bertz CT molecular complexity index is 1150. The van der Waals surface area contributed by atoms with Gasteiger partial charge in [0.1, 0.15) is 17.2 Å². The van der Waals surface area contributed by atoms with E-state index in [9.17, 15) is 10.1 Å². The predicted octanol–water partition coefficient (Wildman–Crippen LogP) is 6.05. The molecule has 0 N–H and O–H groups in total. The van der Waals surface area contributed by atoms with Gasteiger partial charge in [-0.1, -0.05) is 47.5 Å². The summed E-state index contributed by atoms with van der Waals surface area (Å²) in [5.74, 6) is 0.718. The highest BCUT2D eigenvalue weighted by Crippen LogP contribution is 2.28. The molecule has 3 aromatic carbocycles. The average Bonchev–Trinajstić information content (AvgIpc) is 2.78. The lowest BCUT2D eigenvalue weighted by molar-refractivity contribution is -0.136. The standard InChI is InChI=1S/C24H17Cl2NO4/c1-29-22-5-3-2-4-20(22)17(14-27)12-16-6-9-19(10-7-16)31-24(28)15-30-23-11-8-18(25)13-21(23)26/h2-13H,15H2,1H3/b17-12-. The number of nitrogens with zero attached hydrogens (tertiary/aromatic N) is 1. The SMILES string of the molecule is COc1ccccc1/C(C#N)=C\c1ccc(OC(=O)COc2ccc(Cl)cc2Cl)cc1. The number of carbonyl (C=O) groups is 1. The molecule has 0 saturated carbocycles. The van der Waals surface area contributed by atoms with E-state index in [1.807, 2.05) is 18.2 Å². The molecule has 0 spiro atoms. The zero-order chi connectivity index (χ0) is 22.2. The van der Waals surface area contributed by atoms with Crippen molar-refractivity contribution in [1.82, 2.24) is 0 Å². The molecule has 0 aliphatic heterocycles. The smallest absolute Gasteiger partial charge is 0.349 e. The second-order valence-corrected chi connectivity index (χ2v) is 7.12. The number of esters is 1. The van der Waals surface area contributed by atoms with Gasteiger partial charge < -0.3 is 14.2 Å². The van der Waals surface area contributed by atoms with Crippen LogP contribution in [0.3, 0.4) is 0 Å². The Kier molecular flexibility index (Phi) is 7.55. The number of methoxy groups -OCH3 is 1. The molecule has 0 bridgehead atoms. The highest BCUT2D eigenvalue weighted by Gasteiger charge is 2.10. The van der Waals surface area contributed by atoms with Crippen LogP contribution in [0.25, 0.3) is 11.6 Å². The van der Waals surface area contributed by atoms with Gasteiger partial charge in [-0.05, 0) is 54.1 Å². The monoisotopic (exact) mass is 453 g/mol. The normalized spacial score (nSPS) is 10.8. The Morgan fingerprint density at radius 3 is 2.45 bits per heavy atom. The van der Waals surface area contributed by atoms with E-state index in [2.05, 4.69) is 6.07 Å². The highest BCUT2D eigenvalue weighted by molar-refractivity contribution is 6.35. The molecule has 156 valence electrons. The second-order valence-electron chi connectivity index (χ2n) is 6.28. The van der Waals surface area contributed by atoms with Crippen LogP contribution in [0.5, 0.6) is 17.2 Å². The number of hydrogen-bond donors (Lipinski definition) is 0. The maximum atomic E-state index is 12.0. The Hall–Kier alpha value is -3.46. The lowest BCUT2D eigenvalue weighted by Crippen LogP contribution is -2.17. The first-order chi connectivity index (χ1) is 15.0. The zero-order valence-electron chi connectivity index (χ0n) is 16.5. The molecule has 3 aromatic rings. The fraction of sp³-hybridized carbons (Fsp3) is 0.0833. The van der Waals surface area contributed by atoms with Crippen molar-refractivity contribution in [3.05, 3.63) is 87.9 Å². The van der Waals surface area contributed by atoms with E-state index in [1.54, 1.807) is 55.7 Å². The van der Waals surface area contributed by atoms with Crippen LogP contribution in [0.1, 0.15) is 11.1 Å². The fourth-order valence-electron chi connectivity index (χ4n) is 2.73. The summed E-state index contributed by atoms with van der Waals surface area (Å²) < 4.78 is 16.0. The molecule has 0 amide bonds. The summed E-state index contributed by atoms with van der Waals surface area (Å²) in [5.41, 5.74) is 1.92. The summed E-state index contributed by atoms with van der Waals surface area (Å²) in [4.78, 5) is 12.0. The molecule has 0 atom stereocenters. The minimum Gasteiger partial charge on any atom is -0.496 e. The van der Waals surface area contributed by atoms with E-state index < -0.39 is 5.97 Å². The van der Waals surface area contributed by atoms with Crippen molar-refractivity contribution in [3.8, 4) is 23.3 Å². The van der Waals surface area contributed by atoms with Gasteiger partial charge in [-0.3, -0.25) is 0 Å². The molecule has 0 saturated heterocycles. The van der Waals surface area contributed by atoms with E-state index in [0.717, 1.165) is 5.56 Å². The van der Waals surface area contributed by atoms with Gasteiger partial charge in [0, 0.05) is 10.6 Å². The van der Waals surface area contributed by atoms with E-state index in [0.29, 0.717) is 38.4 Å². The maximum absolute atomic E-state index is 12.0. The molecule has 0 heterocycles. The first-order valence-corrected chi connectivity index (χ1v) is 9.89. The van der Waals surface area contributed by atoms with Crippen molar-refractivity contribution in [2.75, 3.05) is 13.7 Å². The number of rotatable bonds is 7. The third-order valence-electron chi connectivity index (χ3n) is 4.18. The number of para-hydroxylation sites is 1. The van der Waals surface area contributed by atoms with E-state index in [-0.39, 0.29) is 6.61 Å². The van der Waals surface area contributed by atoms with Gasteiger partial charge in [-0.2, -0.15) is 5.26 Å². The third kappa shape index (κ3) is 6.02. The van der Waals surface area contributed by atoms with Crippen LogP contribution >= 0.6 is 23.2 Å². The fourth-order valence-corrected chi connectivity index (χ4v) is 3.19. The van der Waals surface area contributed by atoms with E-state index in [1.165, 1.54) is 6.07 Å². The summed E-state index contributed by atoms with van der Waals surface area (Å²) in [6.07, 6.45) is 1.73. The van der Waals surface area contributed by atoms with Crippen molar-refractivity contribution < 1.29 is 19.0 Å². The number of halogens is 2. The van der Waals surface area contributed by atoms with Crippen molar-refractivity contribution >= 4 is 40.8 Å². The van der Waals surface area contributed by atoms with Crippen LogP contribution in [0, 0.1) is 11.3 Å². The van der Waals surface area contributed by atoms with Crippen LogP contribution in [0.15, 0.2) is 66.7 Å². The van der Waals surface area contributed by atoms with Gasteiger partial charge in [0.25, 0.3) is 0 Å². The van der Waals surface area contributed by atoms with Crippen molar-refractivity contribution in [3.63, 3.8) is 0 Å². The average molecular weight is 454 g/mol. The van der Waals surface area contributed by atoms with Crippen LogP contribution in [-0.2, 0) is 4.79 Å². The predicted molar refractivity (Wildman–Crippen MR) is 121 cm³/mol. The number of hydrogen-bond acceptors (Lipinski definition) is 5. The number of allylic oxidation sites excluding steroid dienone is 1. The largest absolute Gasteiger partial charge is 0.496 e. The topological polar surface area (TPSA) is 68.5 Å². The van der Waals surface area contributed by atoms with Gasteiger partial charge in [-0.15, -0.1) is 0 Å². The second kappa shape index (κ2) is 10.5. The van der Waals surface area contributed by atoms with Crippen molar-refractivity contribution in [1.29, 1.82) is 5.26 Å². The minimum atomic E-state index is -0.582. The Morgan fingerprint density at radius 1 is 1.03 bits per heavy atom. The number of benzene rings is 3. The van der Waals surface area contributed by atoms with Crippen LogP contribution < -0.4 is 14.2 Å². The van der Waals surface area contributed by atoms with Gasteiger partial charge in [0.05, 0.1) is 23.8 Å². The molecule has 0 aromatic heterocycles. The summed E-state index contributed by atoms with van der Waals surface area (Å²) in [7, 11) is 1.56. The van der Waals surface area contributed by atoms with Gasteiger partial charge in [0.15, 0.2) is 6.61 Å². The molecule has 3 rings (SSSR count). The molecule has 0 aliphatic rings. The molecular weight excluding hydrogens is 437 g/mol. The third-order valence-corrected chi connectivity index (χ3v) is 4.71. The van der Waals surface area contributed by atoms with E-state index in [4.69, 9.17) is 37.4 Å². The first-order valence-electron chi connectivity index (χ1n) is 9.14. The molecule has 0 aliphatic carbocycles. The molecule has 31 heavy (non-hydrogen) atoms. The van der Waals surface area contributed by atoms with Gasteiger partial charge in [0.2, 0.25) is 0 Å². The summed E-state index contributed by atoms with van der Waals surface area (Å²) >= 11 is 11.8. The van der Waals surface area contributed by atoms with Crippen LogP contribution in [0.2, 0.25) is 10.0 Å². The lowest BCUT2D eigenvalue weighted by atomic mass is 10.0. The maximum Gasteiger partial charge on any atom is 0.349 e. The van der Waals surface area contributed by atoms with Gasteiger partial charge in [-0.25, -0.2) is 4.79 Å². The van der Waals surface area contributed by atoms with Gasteiger partial charge >= 0.3 is 5.97 Å². The molecule has 7 heteroatoms. The van der Waals surface area contributed by atoms with Crippen molar-refractivity contribution in [2.45, 2.75) is 0 Å². The molecule has 0 fully saturated rings. The number of nitriles is 1. The van der Waals surface area contributed by atoms with Crippen LogP contribution in [-0.4, -0.2) is 19.7 Å². The Labute approximate surface area is 190 Å². The minimum absolute atomic E-state index is 0.305. The quantitative estimate of drug-likeness (QED) is 0.188. The number of carbonyl (C=O) groups excluding carboxylic acids is 1.